The molecule has 2 N–H and O–H groups in total. The number of morpholine rings is 1. The highest BCUT2D eigenvalue weighted by molar-refractivity contribution is 5.96. The minimum atomic E-state index is -0.171. The van der Waals surface area contributed by atoms with Gasteiger partial charge in [-0.05, 0) is 39.0 Å². The summed E-state index contributed by atoms with van der Waals surface area (Å²) < 4.78 is 5.62. The average molecular weight is 305 g/mol. The highest BCUT2D eigenvalue weighted by Gasteiger charge is 2.25. The Balaban J connectivity index is 2.02. The van der Waals surface area contributed by atoms with Gasteiger partial charge in [0.1, 0.15) is 0 Å². The summed E-state index contributed by atoms with van der Waals surface area (Å²) in [6, 6.07) is 6.75. The molecule has 0 radical (unpaired) electrons. The number of benzene rings is 1. The molecule has 2 rings (SSSR count). The van der Waals surface area contributed by atoms with Crippen molar-refractivity contribution < 1.29 is 14.3 Å². The number of carbonyl (C=O) groups is 2. The first-order valence-electron chi connectivity index (χ1n) is 7.59. The monoisotopic (exact) mass is 305 g/mol. The normalized spacial score (nSPS) is 21.3. The van der Waals surface area contributed by atoms with E-state index in [1.807, 2.05) is 20.8 Å². The number of carbonyl (C=O) groups excluding carboxylic acids is 2. The van der Waals surface area contributed by atoms with Crippen LogP contribution in [0, 0.1) is 0 Å². The molecule has 1 aliphatic heterocycles. The van der Waals surface area contributed by atoms with Crippen LogP contribution in [-0.4, -0.2) is 48.7 Å². The molecule has 0 bridgehead atoms. The summed E-state index contributed by atoms with van der Waals surface area (Å²) in [5.74, 6) is -0.146. The molecule has 6 heteroatoms. The predicted molar refractivity (Wildman–Crippen MR) is 85.0 cm³/mol. The van der Waals surface area contributed by atoms with Crippen molar-refractivity contribution in [3.05, 3.63) is 29.8 Å². The van der Waals surface area contributed by atoms with Gasteiger partial charge in [0.25, 0.3) is 5.91 Å². The van der Waals surface area contributed by atoms with Gasteiger partial charge in [-0.15, -0.1) is 0 Å². The zero-order valence-corrected chi connectivity index (χ0v) is 13.3. The van der Waals surface area contributed by atoms with Crippen LogP contribution in [0.3, 0.4) is 0 Å². The Hall–Kier alpha value is -2.08. The molecule has 1 aromatic rings. The van der Waals surface area contributed by atoms with E-state index in [1.165, 1.54) is 0 Å². The first-order valence-corrected chi connectivity index (χ1v) is 7.59. The van der Waals surface area contributed by atoms with Crippen molar-refractivity contribution in [1.82, 2.24) is 10.2 Å². The summed E-state index contributed by atoms with van der Waals surface area (Å²) in [6.07, 6.45) is 0.0485. The molecule has 120 valence electrons. The van der Waals surface area contributed by atoms with Gasteiger partial charge in [0.2, 0.25) is 0 Å². The molecular formula is C16H23N3O3. The third-order valence-corrected chi connectivity index (χ3v) is 3.42. The lowest BCUT2D eigenvalue weighted by atomic mass is 10.2. The molecule has 0 aromatic heterocycles. The average Bonchev–Trinajstić information content (AvgIpc) is 2.46. The van der Waals surface area contributed by atoms with Crippen molar-refractivity contribution in [1.29, 1.82) is 0 Å². The predicted octanol–water partition coefficient (Wildman–Crippen LogP) is 2.08. The van der Waals surface area contributed by atoms with E-state index in [-0.39, 0.29) is 24.1 Å². The number of anilines is 1. The Morgan fingerprint density at radius 3 is 2.59 bits per heavy atom. The lowest BCUT2D eigenvalue weighted by Gasteiger charge is -2.35. The summed E-state index contributed by atoms with van der Waals surface area (Å²) in [4.78, 5) is 25.9. The number of hydrogen-bond acceptors (Lipinski definition) is 3. The fraction of sp³-hybridized carbons (Fsp3) is 0.500. The molecule has 3 amide bonds. The molecule has 0 unspecified atom stereocenters. The number of nitrogens with zero attached hydrogens (tertiary/aromatic N) is 1. The van der Waals surface area contributed by atoms with Gasteiger partial charge < -0.3 is 20.3 Å². The molecule has 2 atom stereocenters. The SMILES string of the molecule is CCNC(=O)c1cccc(NC(=O)N2C[C@H](C)O[C@@H](C)C2)c1. The zero-order valence-electron chi connectivity index (χ0n) is 13.3. The quantitative estimate of drug-likeness (QED) is 0.898. The van der Waals surface area contributed by atoms with Gasteiger partial charge in [0.05, 0.1) is 12.2 Å². The second-order valence-electron chi connectivity index (χ2n) is 5.53. The van der Waals surface area contributed by atoms with Crippen molar-refractivity contribution in [2.45, 2.75) is 33.0 Å². The van der Waals surface area contributed by atoms with Crippen LogP contribution in [0.25, 0.3) is 0 Å². The van der Waals surface area contributed by atoms with E-state index in [2.05, 4.69) is 10.6 Å². The summed E-state index contributed by atoms with van der Waals surface area (Å²) >= 11 is 0. The molecule has 6 nitrogen and oxygen atoms in total. The van der Waals surface area contributed by atoms with Crippen molar-refractivity contribution in [3.63, 3.8) is 0 Å². The van der Waals surface area contributed by atoms with Crippen molar-refractivity contribution in [2.75, 3.05) is 25.0 Å². The van der Waals surface area contributed by atoms with Gasteiger partial charge in [-0.25, -0.2) is 4.79 Å². The van der Waals surface area contributed by atoms with Crippen LogP contribution >= 0.6 is 0 Å². The van der Waals surface area contributed by atoms with E-state index in [0.717, 1.165) is 0 Å². The van der Waals surface area contributed by atoms with Crippen molar-refractivity contribution >= 4 is 17.6 Å². The standard InChI is InChI=1S/C16H23N3O3/c1-4-17-15(20)13-6-5-7-14(8-13)18-16(21)19-9-11(2)22-12(3)10-19/h5-8,11-12H,4,9-10H2,1-3H3,(H,17,20)(H,18,21)/t11-,12-/m0/s1. The largest absolute Gasteiger partial charge is 0.372 e. The molecule has 0 aliphatic carbocycles. The maximum Gasteiger partial charge on any atom is 0.322 e. The lowest BCUT2D eigenvalue weighted by molar-refractivity contribution is -0.0530. The van der Waals surface area contributed by atoms with Gasteiger partial charge in [0.15, 0.2) is 0 Å². The minimum absolute atomic E-state index is 0.0242. The zero-order chi connectivity index (χ0) is 16.1. The molecule has 1 saturated heterocycles. The number of amides is 3. The van der Waals surface area contributed by atoms with E-state index in [0.29, 0.717) is 30.9 Å². The number of nitrogens with one attached hydrogen (secondary N) is 2. The second kappa shape index (κ2) is 7.26. The number of ether oxygens (including phenoxy) is 1. The van der Waals surface area contributed by atoms with Crippen LogP contribution < -0.4 is 10.6 Å². The smallest absolute Gasteiger partial charge is 0.322 e. The van der Waals surface area contributed by atoms with E-state index >= 15 is 0 Å². The summed E-state index contributed by atoms with van der Waals surface area (Å²) in [6.45, 7) is 7.46. The first kappa shape index (κ1) is 16.3. The number of urea groups is 1. The maximum atomic E-state index is 12.3. The van der Waals surface area contributed by atoms with E-state index in [1.54, 1.807) is 29.2 Å². The summed E-state index contributed by atoms with van der Waals surface area (Å²) in [7, 11) is 0. The highest BCUT2D eigenvalue weighted by Crippen LogP contribution is 2.15. The molecule has 0 spiro atoms. The molecule has 1 aromatic carbocycles. The Kier molecular flexibility index (Phi) is 5.38. The van der Waals surface area contributed by atoms with Crippen molar-refractivity contribution in [2.24, 2.45) is 0 Å². The van der Waals surface area contributed by atoms with E-state index < -0.39 is 0 Å². The molecule has 22 heavy (non-hydrogen) atoms. The third-order valence-electron chi connectivity index (χ3n) is 3.42. The Bertz CT molecular complexity index is 537. The Labute approximate surface area is 130 Å². The van der Waals surface area contributed by atoms with Gasteiger partial charge in [0, 0.05) is 30.9 Å². The molecule has 1 aliphatic rings. The summed E-state index contributed by atoms with van der Waals surface area (Å²) in [5, 5.41) is 5.58. The van der Waals surface area contributed by atoms with Crippen LogP contribution in [0.15, 0.2) is 24.3 Å². The lowest BCUT2D eigenvalue weighted by Crippen LogP contribution is -2.49. The fourth-order valence-electron chi connectivity index (χ4n) is 2.55. The molecule has 0 saturated carbocycles. The fourth-order valence-corrected chi connectivity index (χ4v) is 2.55. The van der Waals surface area contributed by atoms with Crippen molar-refractivity contribution in [3.8, 4) is 0 Å². The van der Waals surface area contributed by atoms with Crippen LogP contribution in [0.4, 0.5) is 10.5 Å². The minimum Gasteiger partial charge on any atom is -0.372 e. The van der Waals surface area contributed by atoms with Gasteiger partial charge in [-0.2, -0.15) is 0 Å². The van der Waals surface area contributed by atoms with E-state index in [4.69, 9.17) is 4.74 Å². The Morgan fingerprint density at radius 2 is 1.95 bits per heavy atom. The van der Waals surface area contributed by atoms with Gasteiger partial charge >= 0.3 is 6.03 Å². The topological polar surface area (TPSA) is 70.7 Å². The van der Waals surface area contributed by atoms with Gasteiger partial charge in [-0.1, -0.05) is 6.07 Å². The number of rotatable bonds is 3. The molecular weight excluding hydrogens is 282 g/mol. The maximum absolute atomic E-state index is 12.3. The molecule has 1 heterocycles. The van der Waals surface area contributed by atoms with Crippen LogP contribution in [0.1, 0.15) is 31.1 Å². The Morgan fingerprint density at radius 1 is 1.27 bits per heavy atom. The number of hydrogen-bond donors (Lipinski definition) is 2. The third kappa shape index (κ3) is 4.21. The first-order chi connectivity index (χ1) is 10.5. The van der Waals surface area contributed by atoms with Gasteiger partial charge in [-0.3, -0.25) is 4.79 Å². The highest BCUT2D eigenvalue weighted by atomic mass is 16.5. The van der Waals surface area contributed by atoms with E-state index in [9.17, 15) is 9.59 Å². The second-order valence-corrected chi connectivity index (χ2v) is 5.53. The summed E-state index contributed by atoms with van der Waals surface area (Å²) in [5.41, 5.74) is 1.14. The molecule has 1 fully saturated rings. The van der Waals surface area contributed by atoms with Crippen LogP contribution in [0.5, 0.6) is 0 Å². The van der Waals surface area contributed by atoms with Crippen LogP contribution in [0.2, 0.25) is 0 Å². The van der Waals surface area contributed by atoms with Crippen LogP contribution in [-0.2, 0) is 4.74 Å².